The zero-order valence-electron chi connectivity index (χ0n) is 9.29. The van der Waals surface area contributed by atoms with Crippen LogP contribution in [0.2, 0.25) is 5.02 Å². The number of pyridine rings is 1. The van der Waals surface area contributed by atoms with Gasteiger partial charge in [0.05, 0.1) is 12.2 Å². The third-order valence-corrected chi connectivity index (χ3v) is 2.26. The number of urea groups is 1. The molecule has 4 nitrogen and oxygen atoms in total. The number of hydrogen-bond acceptors (Lipinski definition) is 2. The normalized spacial score (nSPS) is 9.88. The molecule has 1 aromatic heterocycles. The molecule has 0 bridgehead atoms. The van der Waals surface area contributed by atoms with Gasteiger partial charge in [-0.3, -0.25) is 4.98 Å². The number of hydrogen-bond donors (Lipinski definition) is 2. The van der Waals surface area contributed by atoms with Crippen LogP contribution in [0.15, 0.2) is 18.3 Å². The van der Waals surface area contributed by atoms with Crippen LogP contribution in [0.5, 0.6) is 0 Å². The first-order valence-electron chi connectivity index (χ1n) is 5.34. The van der Waals surface area contributed by atoms with Crippen molar-refractivity contribution in [3.05, 3.63) is 29.0 Å². The zero-order chi connectivity index (χ0) is 11.8. The van der Waals surface area contributed by atoms with Gasteiger partial charge in [0.2, 0.25) is 0 Å². The first kappa shape index (κ1) is 12.8. The van der Waals surface area contributed by atoms with Crippen LogP contribution >= 0.6 is 11.6 Å². The number of aromatic nitrogens is 1. The molecule has 0 spiro atoms. The van der Waals surface area contributed by atoms with Gasteiger partial charge in [-0.05, 0) is 18.6 Å². The molecule has 2 amide bonds. The van der Waals surface area contributed by atoms with E-state index in [0.717, 1.165) is 18.5 Å². The highest BCUT2D eigenvalue weighted by molar-refractivity contribution is 6.30. The standard InChI is InChI=1S/C11H16ClN3O/c1-2-3-5-14-11(16)15-8-10-7-9(12)4-6-13-10/h4,6-7H,2-3,5,8H2,1H3,(H2,14,15,16). The number of amides is 2. The van der Waals surface area contributed by atoms with Crippen LogP contribution in [-0.2, 0) is 6.54 Å². The fraction of sp³-hybridized carbons (Fsp3) is 0.455. The van der Waals surface area contributed by atoms with E-state index in [0.29, 0.717) is 18.1 Å². The second-order valence-electron chi connectivity index (χ2n) is 3.43. The lowest BCUT2D eigenvalue weighted by Gasteiger charge is -2.06. The number of rotatable bonds is 5. The summed E-state index contributed by atoms with van der Waals surface area (Å²) >= 11 is 5.79. The second-order valence-corrected chi connectivity index (χ2v) is 3.86. The SMILES string of the molecule is CCCCNC(=O)NCc1cc(Cl)ccn1. The molecular formula is C11H16ClN3O. The van der Waals surface area contributed by atoms with Crippen molar-refractivity contribution in [2.75, 3.05) is 6.54 Å². The molecule has 0 aliphatic rings. The van der Waals surface area contributed by atoms with Gasteiger partial charge in [0, 0.05) is 17.8 Å². The maximum atomic E-state index is 11.3. The Morgan fingerprint density at radius 1 is 1.50 bits per heavy atom. The minimum absolute atomic E-state index is 0.171. The van der Waals surface area contributed by atoms with Crippen LogP contribution in [0.3, 0.4) is 0 Å². The maximum Gasteiger partial charge on any atom is 0.315 e. The van der Waals surface area contributed by atoms with E-state index in [9.17, 15) is 4.79 Å². The summed E-state index contributed by atoms with van der Waals surface area (Å²) in [6, 6.07) is 3.26. The van der Waals surface area contributed by atoms with Crippen molar-refractivity contribution in [1.29, 1.82) is 0 Å². The monoisotopic (exact) mass is 241 g/mol. The van der Waals surface area contributed by atoms with Crippen LogP contribution in [0, 0.1) is 0 Å². The van der Waals surface area contributed by atoms with Crippen LogP contribution in [0.1, 0.15) is 25.5 Å². The van der Waals surface area contributed by atoms with Gasteiger partial charge >= 0.3 is 6.03 Å². The molecular weight excluding hydrogens is 226 g/mol. The third kappa shape index (κ3) is 4.98. The van der Waals surface area contributed by atoms with Crippen molar-refractivity contribution in [3.8, 4) is 0 Å². The highest BCUT2D eigenvalue weighted by Crippen LogP contribution is 2.07. The molecule has 88 valence electrons. The summed E-state index contributed by atoms with van der Waals surface area (Å²) < 4.78 is 0. The summed E-state index contributed by atoms with van der Waals surface area (Å²) in [6.07, 6.45) is 3.67. The van der Waals surface area contributed by atoms with E-state index in [1.54, 1.807) is 18.3 Å². The number of nitrogens with one attached hydrogen (secondary N) is 2. The highest BCUT2D eigenvalue weighted by atomic mass is 35.5. The van der Waals surface area contributed by atoms with Gasteiger partial charge in [-0.25, -0.2) is 4.79 Å². The predicted molar refractivity (Wildman–Crippen MR) is 64.4 cm³/mol. The minimum atomic E-state index is -0.171. The minimum Gasteiger partial charge on any atom is -0.338 e. The number of nitrogens with zero attached hydrogens (tertiary/aromatic N) is 1. The molecule has 0 aliphatic carbocycles. The van der Waals surface area contributed by atoms with Crippen LogP contribution in [0.25, 0.3) is 0 Å². The quantitative estimate of drug-likeness (QED) is 0.778. The van der Waals surface area contributed by atoms with Crippen molar-refractivity contribution in [3.63, 3.8) is 0 Å². The van der Waals surface area contributed by atoms with E-state index in [1.807, 2.05) is 0 Å². The van der Waals surface area contributed by atoms with Crippen molar-refractivity contribution < 1.29 is 4.79 Å². The summed E-state index contributed by atoms with van der Waals surface area (Å²) in [4.78, 5) is 15.4. The molecule has 0 aromatic carbocycles. The summed E-state index contributed by atoms with van der Waals surface area (Å²) in [6.45, 7) is 3.17. The lowest BCUT2D eigenvalue weighted by Crippen LogP contribution is -2.35. The lowest BCUT2D eigenvalue weighted by atomic mass is 10.3. The Kier molecular flexibility index (Phi) is 5.64. The van der Waals surface area contributed by atoms with Crippen molar-refractivity contribution in [2.45, 2.75) is 26.3 Å². The number of unbranched alkanes of at least 4 members (excludes halogenated alkanes) is 1. The molecule has 0 saturated heterocycles. The van der Waals surface area contributed by atoms with Crippen molar-refractivity contribution in [1.82, 2.24) is 15.6 Å². The highest BCUT2D eigenvalue weighted by Gasteiger charge is 2.00. The Morgan fingerprint density at radius 3 is 3.00 bits per heavy atom. The Bertz CT molecular complexity index is 344. The van der Waals surface area contributed by atoms with Crippen molar-refractivity contribution in [2.24, 2.45) is 0 Å². The largest absolute Gasteiger partial charge is 0.338 e. The van der Waals surface area contributed by atoms with Crippen LogP contribution in [0.4, 0.5) is 4.79 Å². The summed E-state index contributed by atoms with van der Waals surface area (Å²) in [7, 11) is 0. The van der Waals surface area contributed by atoms with Crippen LogP contribution < -0.4 is 10.6 Å². The summed E-state index contributed by atoms with van der Waals surface area (Å²) in [5.74, 6) is 0. The topological polar surface area (TPSA) is 54.0 Å². The molecule has 1 aromatic rings. The zero-order valence-corrected chi connectivity index (χ0v) is 10.0. The summed E-state index contributed by atoms with van der Waals surface area (Å²) in [5, 5.41) is 6.09. The average molecular weight is 242 g/mol. The summed E-state index contributed by atoms with van der Waals surface area (Å²) in [5.41, 5.74) is 0.748. The van der Waals surface area contributed by atoms with Gasteiger partial charge in [-0.1, -0.05) is 24.9 Å². The van der Waals surface area contributed by atoms with Gasteiger partial charge in [0.15, 0.2) is 0 Å². The Morgan fingerprint density at radius 2 is 2.31 bits per heavy atom. The molecule has 0 unspecified atom stereocenters. The number of carbonyl (C=O) groups excluding carboxylic acids is 1. The molecule has 0 fully saturated rings. The molecule has 0 radical (unpaired) electrons. The van der Waals surface area contributed by atoms with E-state index in [2.05, 4.69) is 22.5 Å². The second kappa shape index (κ2) is 7.06. The molecule has 16 heavy (non-hydrogen) atoms. The first-order valence-corrected chi connectivity index (χ1v) is 5.72. The fourth-order valence-corrected chi connectivity index (χ4v) is 1.34. The Hall–Kier alpha value is -1.29. The molecule has 0 aliphatic heterocycles. The molecule has 0 atom stereocenters. The van der Waals surface area contributed by atoms with Gasteiger partial charge in [0.25, 0.3) is 0 Å². The Labute approximate surface area is 100 Å². The van der Waals surface area contributed by atoms with E-state index in [-0.39, 0.29) is 6.03 Å². The smallest absolute Gasteiger partial charge is 0.315 e. The lowest BCUT2D eigenvalue weighted by molar-refractivity contribution is 0.240. The van der Waals surface area contributed by atoms with E-state index in [1.165, 1.54) is 0 Å². The first-order chi connectivity index (χ1) is 7.72. The maximum absolute atomic E-state index is 11.3. The van der Waals surface area contributed by atoms with Gasteiger partial charge in [-0.2, -0.15) is 0 Å². The Balaban J connectivity index is 2.26. The molecule has 5 heteroatoms. The fourth-order valence-electron chi connectivity index (χ4n) is 1.16. The number of halogens is 1. The van der Waals surface area contributed by atoms with Gasteiger partial charge < -0.3 is 10.6 Å². The number of carbonyl (C=O) groups is 1. The van der Waals surface area contributed by atoms with Gasteiger partial charge in [0.1, 0.15) is 0 Å². The third-order valence-electron chi connectivity index (χ3n) is 2.02. The van der Waals surface area contributed by atoms with E-state index < -0.39 is 0 Å². The average Bonchev–Trinajstić information content (AvgIpc) is 2.27. The van der Waals surface area contributed by atoms with E-state index >= 15 is 0 Å². The van der Waals surface area contributed by atoms with E-state index in [4.69, 9.17) is 11.6 Å². The molecule has 0 saturated carbocycles. The van der Waals surface area contributed by atoms with Crippen molar-refractivity contribution >= 4 is 17.6 Å². The van der Waals surface area contributed by atoms with Crippen LogP contribution in [-0.4, -0.2) is 17.6 Å². The molecule has 2 N–H and O–H groups in total. The molecule has 1 rings (SSSR count). The molecule has 1 heterocycles. The predicted octanol–water partition coefficient (Wildman–Crippen LogP) is 2.33. The van der Waals surface area contributed by atoms with Gasteiger partial charge in [-0.15, -0.1) is 0 Å².